The van der Waals surface area contributed by atoms with Crippen molar-refractivity contribution in [1.29, 1.82) is 0 Å². The Bertz CT molecular complexity index is 426. The van der Waals surface area contributed by atoms with Crippen LogP contribution in [0.3, 0.4) is 0 Å². The van der Waals surface area contributed by atoms with Crippen LogP contribution < -0.4 is 10.1 Å². The predicted octanol–water partition coefficient (Wildman–Crippen LogP) is 3.38. The molecule has 1 saturated carbocycles. The highest BCUT2D eigenvalue weighted by atomic mass is 79.9. The van der Waals surface area contributed by atoms with Crippen LogP contribution in [0.2, 0.25) is 0 Å². The molecule has 0 radical (unpaired) electrons. The van der Waals surface area contributed by atoms with Crippen molar-refractivity contribution < 1.29 is 9.53 Å². The van der Waals surface area contributed by atoms with Crippen molar-refractivity contribution in [2.75, 3.05) is 18.5 Å². The Kier molecular flexibility index (Phi) is 4.86. The van der Waals surface area contributed by atoms with Gasteiger partial charge < -0.3 is 10.1 Å². The van der Waals surface area contributed by atoms with Gasteiger partial charge in [0.15, 0.2) is 0 Å². The fourth-order valence-electron chi connectivity index (χ4n) is 2.13. The smallest absolute Gasteiger partial charge is 0.251 e. The maximum atomic E-state index is 12.0. The summed E-state index contributed by atoms with van der Waals surface area (Å²) in [5, 5.41) is 4.04. The minimum absolute atomic E-state index is 0.00361. The van der Waals surface area contributed by atoms with E-state index >= 15 is 0 Å². The largest absolute Gasteiger partial charge is 0.494 e. The molecular formula is C15H20BrNO2. The van der Waals surface area contributed by atoms with Gasteiger partial charge in [-0.15, -0.1) is 0 Å². The fraction of sp³-hybridized carbons (Fsp3) is 0.533. The van der Waals surface area contributed by atoms with Crippen molar-refractivity contribution in [3.63, 3.8) is 0 Å². The van der Waals surface area contributed by atoms with E-state index in [0.29, 0.717) is 17.6 Å². The minimum atomic E-state index is 0.00361. The predicted molar refractivity (Wildman–Crippen MR) is 80.0 cm³/mol. The Balaban J connectivity index is 1.86. The number of nitrogens with one attached hydrogen (secondary N) is 1. The molecule has 0 bridgehead atoms. The number of hydrogen-bond acceptors (Lipinski definition) is 2. The van der Waals surface area contributed by atoms with E-state index < -0.39 is 0 Å². The molecule has 0 spiro atoms. The molecule has 1 aliphatic rings. The van der Waals surface area contributed by atoms with E-state index in [0.717, 1.165) is 24.0 Å². The first-order chi connectivity index (χ1) is 9.19. The van der Waals surface area contributed by atoms with Gasteiger partial charge in [-0.3, -0.25) is 4.79 Å². The van der Waals surface area contributed by atoms with Gasteiger partial charge >= 0.3 is 0 Å². The zero-order valence-electron chi connectivity index (χ0n) is 11.2. The van der Waals surface area contributed by atoms with Crippen LogP contribution in [0, 0.1) is 5.41 Å². The summed E-state index contributed by atoms with van der Waals surface area (Å²) in [6.07, 6.45) is 3.58. The van der Waals surface area contributed by atoms with Gasteiger partial charge in [0, 0.05) is 17.4 Å². The van der Waals surface area contributed by atoms with Gasteiger partial charge in [0.1, 0.15) is 5.75 Å². The third-order valence-corrected chi connectivity index (χ3v) is 4.03. The molecule has 1 aliphatic carbocycles. The fourth-order valence-corrected chi connectivity index (χ4v) is 2.97. The van der Waals surface area contributed by atoms with E-state index in [4.69, 9.17) is 4.74 Å². The third kappa shape index (κ3) is 3.96. The van der Waals surface area contributed by atoms with Crippen molar-refractivity contribution in [1.82, 2.24) is 5.32 Å². The molecule has 19 heavy (non-hydrogen) atoms. The number of alkyl halides is 1. The lowest BCUT2D eigenvalue weighted by Gasteiger charge is -2.14. The number of rotatable bonds is 7. The maximum absolute atomic E-state index is 12.0. The standard InChI is InChI=1S/C15H20BrNO2/c1-2-19-13-5-3-12(4-6-13)14(18)17-11-15(7-8-15)9-10-16/h3-6H,2,7-11H2,1H3,(H,17,18). The first kappa shape index (κ1) is 14.4. The summed E-state index contributed by atoms with van der Waals surface area (Å²) in [4.78, 5) is 12.0. The van der Waals surface area contributed by atoms with Crippen molar-refractivity contribution in [3.8, 4) is 5.75 Å². The van der Waals surface area contributed by atoms with Crippen molar-refractivity contribution in [3.05, 3.63) is 29.8 Å². The zero-order valence-corrected chi connectivity index (χ0v) is 12.8. The lowest BCUT2D eigenvalue weighted by molar-refractivity contribution is 0.0944. The lowest BCUT2D eigenvalue weighted by atomic mass is 10.0. The maximum Gasteiger partial charge on any atom is 0.251 e. The summed E-state index contributed by atoms with van der Waals surface area (Å²) in [6, 6.07) is 7.29. The lowest BCUT2D eigenvalue weighted by Crippen LogP contribution is -2.30. The molecule has 0 saturated heterocycles. The van der Waals surface area contributed by atoms with E-state index in [2.05, 4.69) is 21.2 Å². The Labute approximate surface area is 122 Å². The van der Waals surface area contributed by atoms with E-state index in [9.17, 15) is 4.79 Å². The Morgan fingerprint density at radius 2 is 2.05 bits per heavy atom. The highest BCUT2D eigenvalue weighted by Crippen LogP contribution is 2.48. The zero-order chi connectivity index (χ0) is 13.7. The summed E-state index contributed by atoms with van der Waals surface area (Å²) >= 11 is 3.47. The first-order valence-corrected chi connectivity index (χ1v) is 7.88. The van der Waals surface area contributed by atoms with E-state index in [1.807, 2.05) is 31.2 Å². The van der Waals surface area contributed by atoms with Gasteiger partial charge in [0.25, 0.3) is 5.91 Å². The second-order valence-electron chi connectivity index (χ2n) is 5.08. The van der Waals surface area contributed by atoms with E-state index in [1.54, 1.807) is 0 Å². The third-order valence-electron chi connectivity index (χ3n) is 3.63. The Morgan fingerprint density at radius 1 is 1.37 bits per heavy atom. The van der Waals surface area contributed by atoms with Gasteiger partial charge in [0.2, 0.25) is 0 Å². The van der Waals surface area contributed by atoms with Crippen molar-refractivity contribution >= 4 is 21.8 Å². The highest BCUT2D eigenvalue weighted by Gasteiger charge is 2.41. The molecule has 0 aromatic heterocycles. The van der Waals surface area contributed by atoms with Gasteiger partial charge in [-0.1, -0.05) is 15.9 Å². The molecule has 0 atom stereocenters. The minimum Gasteiger partial charge on any atom is -0.494 e. The second kappa shape index (κ2) is 6.42. The number of hydrogen-bond donors (Lipinski definition) is 1. The summed E-state index contributed by atoms with van der Waals surface area (Å²) in [5.74, 6) is 0.806. The van der Waals surface area contributed by atoms with E-state index in [1.165, 1.54) is 12.8 Å². The molecule has 1 aromatic carbocycles. The van der Waals surface area contributed by atoms with Gasteiger partial charge in [-0.05, 0) is 55.9 Å². The normalized spacial score (nSPS) is 15.9. The number of ether oxygens (including phenoxy) is 1. The molecule has 1 aromatic rings. The van der Waals surface area contributed by atoms with Crippen LogP contribution >= 0.6 is 15.9 Å². The number of carbonyl (C=O) groups is 1. The topological polar surface area (TPSA) is 38.3 Å². The molecule has 1 N–H and O–H groups in total. The van der Waals surface area contributed by atoms with Crippen LogP contribution in [0.4, 0.5) is 0 Å². The van der Waals surface area contributed by atoms with Crippen LogP contribution in [-0.2, 0) is 0 Å². The molecule has 1 fully saturated rings. The molecule has 0 aliphatic heterocycles. The number of benzene rings is 1. The summed E-state index contributed by atoms with van der Waals surface area (Å²) in [7, 11) is 0. The van der Waals surface area contributed by atoms with Gasteiger partial charge in [0.05, 0.1) is 6.61 Å². The highest BCUT2D eigenvalue weighted by molar-refractivity contribution is 9.09. The first-order valence-electron chi connectivity index (χ1n) is 6.76. The van der Waals surface area contributed by atoms with Crippen LogP contribution in [0.5, 0.6) is 5.75 Å². The Hall–Kier alpha value is -1.03. The molecular weight excluding hydrogens is 306 g/mol. The molecule has 0 unspecified atom stereocenters. The second-order valence-corrected chi connectivity index (χ2v) is 5.87. The number of amides is 1. The van der Waals surface area contributed by atoms with Crippen LogP contribution in [0.1, 0.15) is 36.5 Å². The molecule has 104 valence electrons. The summed E-state index contributed by atoms with van der Waals surface area (Å²) in [5.41, 5.74) is 1.04. The van der Waals surface area contributed by atoms with Crippen LogP contribution in [0.15, 0.2) is 24.3 Å². The van der Waals surface area contributed by atoms with Gasteiger partial charge in [-0.2, -0.15) is 0 Å². The average molecular weight is 326 g/mol. The molecule has 3 nitrogen and oxygen atoms in total. The summed E-state index contributed by atoms with van der Waals surface area (Å²) < 4.78 is 5.36. The average Bonchev–Trinajstić information content (AvgIpc) is 3.18. The van der Waals surface area contributed by atoms with Crippen molar-refractivity contribution in [2.45, 2.75) is 26.2 Å². The van der Waals surface area contributed by atoms with Crippen LogP contribution in [0.25, 0.3) is 0 Å². The molecule has 2 rings (SSSR count). The Morgan fingerprint density at radius 3 is 2.58 bits per heavy atom. The SMILES string of the molecule is CCOc1ccc(C(=O)NCC2(CCBr)CC2)cc1. The quantitative estimate of drug-likeness (QED) is 0.780. The van der Waals surface area contributed by atoms with Crippen molar-refractivity contribution in [2.24, 2.45) is 5.41 Å². The van der Waals surface area contributed by atoms with Crippen LogP contribution in [-0.4, -0.2) is 24.4 Å². The molecule has 4 heteroatoms. The van der Waals surface area contributed by atoms with Gasteiger partial charge in [-0.25, -0.2) is 0 Å². The molecule has 1 amide bonds. The van der Waals surface area contributed by atoms with E-state index in [-0.39, 0.29) is 5.91 Å². The molecule has 0 heterocycles. The number of carbonyl (C=O) groups excluding carboxylic acids is 1. The monoisotopic (exact) mass is 325 g/mol. The number of halogens is 1. The summed E-state index contributed by atoms with van der Waals surface area (Å²) in [6.45, 7) is 3.37.